The number of carbonyl (C=O) groups is 1. The van der Waals surface area contributed by atoms with Gasteiger partial charge in [-0.2, -0.15) is 13.2 Å². The largest absolute Gasteiger partial charge is 0.496 e. The molecule has 0 saturated heterocycles. The van der Waals surface area contributed by atoms with E-state index in [9.17, 15) is 28.1 Å². The van der Waals surface area contributed by atoms with Crippen LogP contribution in [0.4, 0.5) is 18.9 Å². The van der Waals surface area contributed by atoms with Crippen LogP contribution in [0.15, 0.2) is 12.1 Å². The van der Waals surface area contributed by atoms with Gasteiger partial charge in [0.25, 0.3) is 5.69 Å². The van der Waals surface area contributed by atoms with Gasteiger partial charge in [-0.05, 0) is 13.0 Å². The van der Waals surface area contributed by atoms with Gasteiger partial charge in [0.05, 0.1) is 17.6 Å². The molecule has 0 radical (unpaired) electrons. The predicted molar refractivity (Wildman–Crippen MR) is 54.7 cm³/mol. The van der Waals surface area contributed by atoms with Gasteiger partial charge in [0.2, 0.25) is 0 Å². The maximum atomic E-state index is 12.5. The Labute approximate surface area is 99.3 Å². The third kappa shape index (κ3) is 2.58. The smallest absolute Gasteiger partial charge is 0.416 e. The van der Waals surface area contributed by atoms with E-state index in [1.54, 1.807) is 0 Å². The van der Waals surface area contributed by atoms with Gasteiger partial charge < -0.3 is 4.74 Å². The number of nitro groups is 1. The molecular weight excluding hydrogens is 255 g/mol. The highest BCUT2D eigenvalue weighted by Gasteiger charge is 2.35. The highest BCUT2D eigenvalue weighted by molar-refractivity contribution is 6.01. The molecule has 0 spiro atoms. The molecule has 0 unspecified atom stereocenters. The fourth-order valence-corrected chi connectivity index (χ4v) is 1.42. The van der Waals surface area contributed by atoms with Gasteiger partial charge >= 0.3 is 6.18 Å². The number of nitrogens with zero attached hydrogens (tertiary/aromatic N) is 1. The molecule has 0 atom stereocenters. The van der Waals surface area contributed by atoms with Gasteiger partial charge in [0.1, 0.15) is 11.3 Å². The summed E-state index contributed by atoms with van der Waals surface area (Å²) in [6.45, 7) is 1.01. The number of halogens is 3. The van der Waals surface area contributed by atoms with Crippen molar-refractivity contribution in [2.45, 2.75) is 13.1 Å². The molecule has 0 amide bonds. The Morgan fingerprint density at radius 2 is 1.94 bits per heavy atom. The Bertz CT molecular complexity index is 511. The predicted octanol–water partition coefficient (Wildman–Crippen LogP) is 2.82. The van der Waals surface area contributed by atoms with Crippen molar-refractivity contribution in [3.8, 4) is 5.75 Å². The van der Waals surface area contributed by atoms with Crippen LogP contribution >= 0.6 is 0 Å². The molecule has 0 saturated carbocycles. The fourth-order valence-electron chi connectivity index (χ4n) is 1.42. The normalized spacial score (nSPS) is 11.2. The minimum absolute atomic E-state index is 0.319. The molecule has 98 valence electrons. The SMILES string of the molecule is COc1cc(C(F)(F)F)cc([N+](=O)[O-])c1C(C)=O. The summed E-state index contributed by atoms with van der Waals surface area (Å²) < 4.78 is 42.2. The summed E-state index contributed by atoms with van der Waals surface area (Å²) in [5, 5.41) is 10.7. The van der Waals surface area contributed by atoms with Crippen molar-refractivity contribution in [3.63, 3.8) is 0 Å². The molecule has 8 heteroatoms. The number of benzene rings is 1. The summed E-state index contributed by atoms with van der Waals surface area (Å²) in [6.07, 6.45) is -4.76. The van der Waals surface area contributed by atoms with Gasteiger partial charge in [-0.25, -0.2) is 0 Å². The highest BCUT2D eigenvalue weighted by atomic mass is 19.4. The molecule has 0 N–H and O–H groups in total. The Hall–Kier alpha value is -2.12. The lowest BCUT2D eigenvalue weighted by Crippen LogP contribution is -2.10. The number of ketones is 1. The van der Waals surface area contributed by atoms with Crippen molar-refractivity contribution in [2.24, 2.45) is 0 Å². The monoisotopic (exact) mass is 263 g/mol. The molecule has 0 aliphatic heterocycles. The second-order valence-electron chi connectivity index (χ2n) is 3.38. The number of hydrogen-bond acceptors (Lipinski definition) is 4. The van der Waals surface area contributed by atoms with Crippen molar-refractivity contribution >= 4 is 11.5 Å². The minimum Gasteiger partial charge on any atom is -0.496 e. The Kier molecular flexibility index (Phi) is 3.59. The molecule has 0 heterocycles. The third-order valence-electron chi connectivity index (χ3n) is 2.18. The summed E-state index contributed by atoms with van der Waals surface area (Å²) in [5.41, 5.74) is -2.64. The number of Topliss-reactive ketones (excluding diaryl/α,β-unsaturated/α-hetero) is 1. The molecule has 1 aromatic carbocycles. The van der Waals surface area contributed by atoms with E-state index < -0.39 is 39.4 Å². The Balaban J connectivity index is 3.64. The lowest BCUT2D eigenvalue weighted by atomic mass is 10.0. The molecule has 0 aliphatic carbocycles. The average molecular weight is 263 g/mol. The topological polar surface area (TPSA) is 69.4 Å². The van der Waals surface area contributed by atoms with Gasteiger partial charge in [0, 0.05) is 6.07 Å². The number of nitro benzene ring substituents is 1. The van der Waals surface area contributed by atoms with Crippen LogP contribution in [-0.2, 0) is 6.18 Å². The third-order valence-corrected chi connectivity index (χ3v) is 2.18. The van der Waals surface area contributed by atoms with Crippen LogP contribution in [0.5, 0.6) is 5.75 Å². The van der Waals surface area contributed by atoms with Gasteiger partial charge in [0.15, 0.2) is 5.78 Å². The highest BCUT2D eigenvalue weighted by Crippen LogP contribution is 2.38. The van der Waals surface area contributed by atoms with Crippen LogP contribution in [0.2, 0.25) is 0 Å². The van der Waals surface area contributed by atoms with Gasteiger partial charge in [-0.1, -0.05) is 0 Å². The number of alkyl halides is 3. The minimum atomic E-state index is -4.76. The summed E-state index contributed by atoms with van der Waals surface area (Å²) in [6, 6.07) is 0.878. The summed E-state index contributed by atoms with van der Waals surface area (Å²) in [7, 11) is 1.03. The first-order valence-corrected chi connectivity index (χ1v) is 4.63. The molecule has 0 aromatic heterocycles. The lowest BCUT2D eigenvalue weighted by Gasteiger charge is -2.11. The quantitative estimate of drug-likeness (QED) is 0.477. The molecule has 0 fully saturated rings. The molecule has 0 bridgehead atoms. The maximum absolute atomic E-state index is 12.5. The lowest BCUT2D eigenvalue weighted by molar-refractivity contribution is -0.385. The summed E-state index contributed by atoms with van der Waals surface area (Å²) in [4.78, 5) is 20.9. The second-order valence-corrected chi connectivity index (χ2v) is 3.38. The zero-order valence-electron chi connectivity index (χ0n) is 9.37. The van der Waals surface area contributed by atoms with Crippen LogP contribution in [0.3, 0.4) is 0 Å². The first-order valence-electron chi connectivity index (χ1n) is 4.63. The zero-order valence-corrected chi connectivity index (χ0v) is 9.37. The number of carbonyl (C=O) groups excluding carboxylic acids is 1. The van der Waals surface area contributed by atoms with Crippen LogP contribution in [0, 0.1) is 10.1 Å². The van der Waals surface area contributed by atoms with Crippen molar-refractivity contribution in [1.82, 2.24) is 0 Å². The van der Waals surface area contributed by atoms with E-state index in [0.717, 1.165) is 14.0 Å². The van der Waals surface area contributed by atoms with E-state index in [2.05, 4.69) is 4.74 Å². The number of ether oxygens (including phenoxy) is 1. The number of hydrogen-bond donors (Lipinski definition) is 0. The average Bonchev–Trinajstić information content (AvgIpc) is 2.25. The van der Waals surface area contributed by atoms with E-state index in [0.29, 0.717) is 12.1 Å². The molecule has 0 aliphatic rings. The van der Waals surface area contributed by atoms with Crippen molar-refractivity contribution in [2.75, 3.05) is 7.11 Å². The van der Waals surface area contributed by atoms with E-state index >= 15 is 0 Å². The fraction of sp³-hybridized carbons (Fsp3) is 0.300. The molecule has 1 aromatic rings. The van der Waals surface area contributed by atoms with Crippen LogP contribution in [0.1, 0.15) is 22.8 Å². The van der Waals surface area contributed by atoms with Crippen molar-refractivity contribution in [3.05, 3.63) is 33.4 Å². The van der Waals surface area contributed by atoms with Crippen LogP contribution < -0.4 is 4.74 Å². The zero-order chi connectivity index (χ0) is 14.1. The summed E-state index contributed by atoms with van der Waals surface area (Å²) in [5.74, 6) is -1.21. The second kappa shape index (κ2) is 4.63. The standard InChI is InChI=1S/C10H8F3NO4/c1-5(15)9-7(14(16)17)3-6(10(11,12)13)4-8(9)18-2/h3-4H,1-2H3. The van der Waals surface area contributed by atoms with Crippen LogP contribution in [-0.4, -0.2) is 17.8 Å². The van der Waals surface area contributed by atoms with E-state index in [4.69, 9.17) is 0 Å². The number of methoxy groups -OCH3 is 1. The van der Waals surface area contributed by atoms with E-state index in [1.807, 2.05) is 0 Å². The molecule has 18 heavy (non-hydrogen) atoms. The van der Waals surface area contributed by atoms with E-state index in [1.165, 1.54) is 0 Å². The van der Waals surface area contributed by atoms with E-state index in [-0.39, 0.29) is 0 Å². The van der Waals surface area contributed by atoms with Gasteiger partial charge in [-0.15, -0.1) is 0 Å². The molecular formula is C10H8F3NO4. The van der Waals surface area contributed by atoms with Crippen molar-refractivity contribution < 1.29 is 27.6 Å². The van der Waals surface area contributed by atoms with Crippen molar-refractivity contribution in [1.29, 1.82) is 0 Å². The van der Waals surface area contributed by atoms with Gasteiger partial charge in [-0.3, -0.25) is 14.9 Å². The first-order chi connectivity index (χ1) is 8.18. The summed E-state index contributed by atoms with van der Waals surface area (Å²) >= 11 is 0. The molecule has 5 nitrogen and oxygen atoms in total. The Morgan fingerprint density at radius 1 is 1.39 bits per heavy atom. The maximum Gasteiger partial charge on any atom is 0.416 e. The number of rotatable bonds is 3. The first kappa shape index (κ1) is 13.9. The Morgan fingerprint density at radius 3 is 2.28 bits per heavy atom. The molecule has 1 rings (SSSR count). The van der Waals surface area contributed by atoms with Crippen LogP contribution in [0.25, 0.3) is 0 Å².